The van der Waals surface area contributed by atoms with Crippen LogP contribution in [0.2, 0.25) is 0 Å². The highest BCUT2D eigenvalue weighted by Gasteiger charge is 2.47. The van der Waals surface area contributed by atoms with E-state index in [1.807, 2.05) is 36.4 Å². The molecule has 2 atom stereocenters. The highest BCUT2D eigenvalue weighted by Crippen LogP contribution is 2.33. The van der Waals surface area contributed by atoms with Gasteiger partial charge in [-0.15, -0.1) is 0 Å². The van der Waals surface area contributed by atoms with Gasteiger partial charge in [0.1, 0.15) is 5.75 Å². The van der Waals surface area contributed by atoms with E-state index in [-0.39, 0.29) is 19.2 Å². The van der Waals surface area contributed by atoms with Crippen molar-refractivity contribution in [2.24, 2.45) is 0 Å². The molecule has 0 spiro atoms. The maximum Gasteiger partial charge on any atom is 0.338 e. The Morgan fingerprint density at radius 3 is 1.78 bits per heavy atom. The number of unbranched alkanes of at least 4 members (excludes halogenated alkanes) is 3. The van der Waals surface area contributed by atoms with Crippen LogP contribution >= 0.6 is 0 Å². The van der Waals surface area contributed by atoms with Gasteiger partial charge in [-0.05, 0) is 75.9 Å². The summed E-state index contributed by atoms with van der Waals surface area (Å²) in [4.78, 5) is 35.6. The third-order valence-corrected chi connectivity index (χ3v) is 5.96. The van der Waals surface area contributed by atoms with Crippen molar-refractivity contribution in [3.63, 3.8) is 0 Å². The van der Waals surface area contributed by atoms with Crippen LogP contribution in [0.3, 0.4) is 0 Å². The van der Waals surface area contributed by atoms with Crippen LogP contribution in [-0.4, -0.2) is 56.5 Å². The molecule has 0 radical (unpaired) electrons. The third kappa shape index (κ3) is 10.1. The monoisotopic (exact) mass is 564 g/mol. The van der Waals surface area contributed by atoms with Gasteiger partial charge in [0, 0.05) is 22.8 Å². The quantitative estimate of drug-likeness (QED) is 0.106. The SMILES string of the molecule is C=CC(=O)OCCCCCCOc1ccc(C#Cc2ccc(C3O[C@@H](C(=O)OCC)[C@H](C(=O)OCC)O3)cc2)cc1. The standard InChI is InChI=1S/C32H36O9/c1-4-27(33)39-22-10-8-7-9-21-38-26-19-15-24(16-20-26)12-11-23-13-17-25(18-14-23)32-40-28(30(34)36-5-2)29(41-32)31(35)37-6-3/h4,13-20,28-29,32H,1,5-10,21-22H2,2-3H3/t28-,29-/m1/s1. The van der Waals surface area contributed by atoms with Gasteiger partial charge in [-0.3, -0.25) is 0 Å². The second-order valence-electron chi connectivity index (χ2n) is 8.98. The Bertz CT molecular complexity index is 1180. The summed E-state index contributed by atoms with van der Waals surface area (Å²) in [5, 5.41) is 0. The highest BCUT2D eigenvalue weighted by molar-refractivity contribution is 5.86. The Labute approximate surface area is 240 Å². The molecule has 0 bridgehead atoms. The van der Waals surface area contributed by atoms with E-state index in [2.05, 4.69) is 18.4 Å². The van der Waals surface area contributed by atoms with E-state index in [9.17, 15) is 14.4 Å². The fourth-order valence-corrected chi connectivity index (χ4v) is 3.89. The zero-order valence-corrected chi connectivity index (χ0v) is 23.5. The fraction of sp³-hybridized carbons (Fsp3) is 0.406. The molecule has 0 N–H and O–H groups in total. The lowest BCUT2D eigenvalue weighted by Crippen LogP contribution is -2.39. The molecular weight excluding hydrogens is 528 g/mol. The molecule has 41 heavy (non-hydrogen) atoms. The van der Waals surface area contributed by atoms with Crippen molar-refractivity contribution in [1.29, 1.82) is 0 Å². The van der Waals surface area contributed by atoms with E-state index >= 15 is 0 Å². The van der Waals surface area contributed by atoms with Crippen LogP contribution in [0.25, 0.3) is 0 Å². The van der Waals surface area contributed by atoms with Gasteiger partial charge in [-0.1, -0.05) is 30.6 Å². The second-order valence-corrected chi connectivity index (χ2v) is 8.98. The zero-order valence-electron chi connectivity index (χ0n) is 23.5. The van der Waals surface area contributed by atoms with Crippen LogP contribution in [-0.2, 0) is 38.1 Å². The molecule has 1 heterocycles. The smallest absolute Gasteiger partial charge is 0.338 e. The summed E-state index contributed by atoms with van der Waals surface area (Å²) in [5.41, 5.74) is 2.25. The average molecular weight is 565 g/mol. The molecule has 0 aromatic heterocycles. The Kier molecular flexibility index (Phi) is 12.9. The Balaban J connectivity index is 1.47. The minimum atomic E-state index is -1.20. The Morgan fingerprint density at radius 2 is 1.27 bits per heavy atom. The van der Waals surface area contributed by atoms with Crippen LogP contribution in [0.5, 0.6) is 5.75 Å². The first-order valence-corrected chi connectivity index (χ1v) is 13.7. The molecule has 3 rings (SSSR count). The number of hydrogen-bond donors (Lipinski definition) is 0. The van der Waals surface area contributed by atoms with Gasteiger partial charge in [0.05, 0.1) is 26.4 Å². The first kappa shape index (κ1) is 31.4. The normalized spacial score (nSPS) is 16.2. The first-order chi connectivity index (χ1) is 19.9. The van der Waals surface area contributed by atoms with Gasteiger partial charge in [0.15, 0.2) is 18.5 Å². The summed E-state index contributed by atoms with van der Waals surface area (Å²) in [7, 11) is 0. The number of esters is 3. The molecule has 0 unspecified atom stereocenters. The predicted octanol–water partition coefficient (Wildman–Crippen LogP) is 4.66. The van der Waals surface area contributed by atoms with E-state index in [4.69, 9.17) is 28.4 Å². The van der Waals surface area contributed by atoms with Gasteiger partial charge in [0.2, 0.25) is 0 Å². The molecule has 1 aliphatic heterocycles. The van der Waals surface area contributed by atoms with Crippen LogP contribution in [0, 0.1) is 11.8 Å². The number of hydrogen-bond acceptors (Lipinski definition) is 9. The lowest BCUT2D eigenvalue weighted by molar-refractivity contribution is -0.163. The van der Waals surface area contributed by atoms with Gasteiger partial charge in [-0.2, -0.15) is 0 Å². The van der Waals surface area contributed by atoms with E-state index in [1.54, 1.807) is 26.0 Å². The summed E-state index contributed by atoms with van der Waals surface area (Å²) in [6.45, 7) is 8.04. The molecule has 2 aromatic rings. The van der Waals surface area contributed by atoms with Crippen molar-refractivity contribution < 1.29 is 42.8 Å². The minimum absolute atomic E-state index is 0.154. The van der Waals surface area contributed by atoms with Crippen molar-refractivity contribution in [3.8, 4) is 17.6 Å². The van der Waals surface area contributed by atoms with Gasteiger partial charge >= 0.3 is 17.9 Å². The minimum Gasteiger partial charge on any atom is -0.494 e. The number of carbonyl (C=O) groups excluding carboxylic acids is 3. The number of benzene rings is 2. The highest BCUT2D eigenvalue weighted by atomic mass is 16.8. The Hall–Kier alpha value is -4.13. The number of ether oxygens (including phenoxy) is 6. The Morgan fingerprint density at radius 1 is 0.756 bits per heavy atom. The van der Waals surface area contributed by atoms with Crippen molar-refractivity contribution >= 4 is 17.9 Å². The molecule has 1 fully saturated rings. The molecule has 2 aromatic carbocycles. The predicted molar refractivity (Wildman–Crippen MR) is 150 cm³/mol. The molecule has 9 heteroatoms. The van der Waals surface area contributed by atoms with E-state index in [0.29, 0.717) is 18.8 Å². The number of carbonyl (C=O) groups is 3. The van der Waals surface area contributed by atoms with Crippen LogP contribution in [0.15, 0.2) is 61.2 Å². The lowest BCUT2D eigenvalue weighted by atomic mass is 10.1. The summed E-state index contributed by atoms with van der Waals surface area (Å²) in [6.07, 6.45) is 1.53. The van der Waals surface area contributed by atoms with Crippen LogP contribution in [0.1, 0.15) is 62.5 Å². The summed E-state index contributed by atoms with van der Waals surface area (Å²) < 4.78 is 32.2. The van der Waals surface area contributed by atoms with Crippen LogP contribution < -0.4 is 4.74 Å². The van der Waals surface area contributed by atoms with E-state index in [1.165, 1.54) is 6.08 Å². The largest absolute Gasteiger partial charge is 0.494 e. The molecular formula is C32H36O9. The van der Waals surface area contributed by atoms with Crippen LogP contribution in [0.4, 0.5) is 0 Å². The molecule has 0 saturated carbocycles. The fourth-order valence-electron chi connectivity index (χ4n) is 3.89. The van der Waals surface area contributed by atoms with Gasteiger partial charge in [-0.25, -0.2) is 14.4 Å². The third-order valence-electron chi connectivity index (χ3n) is 5.96. The molecule has 0 aliphatic carbocycles. The zero-order chi connectivity index (χ0) is 29.5. The van der Waals surface area contributed by atoms with Crippen molar-refractivity contribution in [1.82, 2.24) is 0 Å². The second kappa shape index (κ2) is 16.9. The van der Waals surface area contributed by atoms with E-state index < -0.39 is 30.4 Å². The lowest BCUT2D eigenvalue weighted by Gasteiger charge is -2.13. The maximum absolute atomic E-state index is 12.3. The van der Waals surface area contributed by atoms with Gasteiger partial charge in [0.25, 0.3) is 0 Å². The summed E-state index contributed by atoms with van der Waals surface area (Å²) in [6, 6.07) is 14.7. The van der Waals surface area contributed by atoms with Gasteiger partial charge < -0.3 is 28.4 Å². The molecule has 9 nitrogen and oxygen atoms in total. The molecule has 1 aliphatic rings. The average Bonchev–Trinajstić information content (AvgIpc) is 3.44. The van der Waals surface area contributed by atoms with Crippen molar-refractivity contribution in [3.05, 3.63) is 77.9 Å². The molecule has 218 valence electrons. The van der Waals surface area contributed by atoms with Crippen molar-refractivity contribution in [2.75, 3.05) is 26.4 Å². The summed E-state index contributed by atoms with van der Waals surface area (Å²) in [5.74, 6) is 5.28. The molecule has 1 saturated heterocycles. The summed E-state index contributed by atoms with van der Waals surface area (Å²) >= 11 is 0. The topological polar surface area (TPSA) is 107 Å². The number of rotatable bonds is 14. The first-order valence-electron chi connectivity index (χ1n) is 13.7. The van der Waals surface area contributed by atoms with Crippen molar-refractivity contribution in [2.45, 2.75) is 58.0 Å². The maximum atomic E-state index is 12.3. The molecule has 0 amide bonds. The van der Waals surface area contributed by atoms with E-state index in [0.717, 1.165) is 42.6 Å².